The Kier molecular flexibility index (Phi) is 11.9. The van der Waals surface area contributed by atoms with Crippen LogP contribution in [-0.4, -0.2) is 109 Å². The van der Waals surface area contributed by atoms with E-state index in [0.29, 0.717) is 43.2 Å². The number of hydrogen-bond donors (Lipinski definition) is 3. The lowest BCUT2D eigenvalue weighted by Gasteiger charge is -2.34. The third-order valence-electron chi connectivity index (χ3n) is 8.22. The standard InChI is InChI=1S/C32H42F3N5O6/c1-21-18-40(22(2)20-41)30(43)17-23-16-26(36-29(42)10-11-39-12-14-45-15-13-39)8-9-27(23)46-28(21)19-38(3)31(44)37-25-6-4-24(5-7-25)32(33,34)35/h4-9,16,21-22,28,41H,10-15,17-20H2,1-3H3,(H,36,42)(H,37,44)/t21-,22+,28-/m1/s1. The third-order valence-corrected chi connectivity index (χ3v) is 8.22. The number of aliphatic hydroxyl groups is 1. The number of aliphatic hydroxyl groups excluding tert-OH is 1. The smallest absolute Gasteiger partial charge is 0.416 e. The molecule has 0 unspecified atom stereocenters. The highest BCUT2D eigenvalue weighted by molar-refractivity contribution is 5.91. The van der Waals surface area contributed by atoms with Gasteiger partial charge in [-0.05, 0) is 49.4 Å². The Morgan fingerprint density at radius 3 is 2.41 bits per heavy atom. The van der Waals surface area contributed by atoms with Crippen molar-refractivity contribution in [1.82, 2.24) is 14.7 Å². The van der Waals surface area contributed by atoms with Crippen LogP contribution in [0.15, 0.2) is 42.5 Å². The molecule has 2 aromatic carbocycles. The lowest BCUT2D eigenvalue weighted by molar-refractivity contribution is -0.137. The Hall–Kier alpha value is -3.88. The second-order valence-electron chi connectivity index (χ2n) is 11.8. The Morgan fingerprint density at radius 2 is 1.76 bits per heavy atom. The number of carbonyl (C=O) groups is 3. The van der Waals surface area contributed by atoms with E-state index in [1.807, 2.05) is 6.92 Å². The Morgan fingerprint density at radius 1 is 1.09 bits per heavy atom. The Labute approximate surface area is 266 Å². The van der Waals surface area contributed by atoms with Crippen molar-refractivity contribution in [2.45, 2.75) is 45.0 Å². The van der Waals surface area contributed by atoms with E-state index in [4.69, 9.17) is 9.47 Å². The summed E-state index contributed by atoms with van der Waals surface area (Å²) >= 11 is 0. The number of benzene rings is 2. The number of amides is 4. The minimum Gasteiger partial charge on any atom is -0.488 e. The number of carbonyl (C=O) groups excluding carboxylic acids is 3. The molecule has 2 aliphatic heterocycles. The van der Waals surface area contributed by atoms with Crippen LogP contribution >= 0.6 is 0 Å². The number of alkyl halides is 3. The monoisotopic (exact) mass is 649 g/mol. The van der Waals surface area contributed by atoms with Crippen LogP contribution in [0.3, 0.4) is 0 Å². The first-order valence-electron chi connectivity index (χ1n) is 15.3. The molecule has 2 aliphatic rings. The summed E-state index contributed by atoms with van der Waals surface area (Å²) in [6.07, 6.45) is -4.82. The van der Waals surface area contributed by atoms with Gasteiger partial charge >= 0.3 is 12.2 Å². The van der Waals surface area contributed by atoms with E-state index in [2.05, 4.69) is 15.5 Å². The van der Waals surface area contributed by atoms with Gasteiger partial charge in [-0.1, -0.05) is 6.92 Å². The fourth-order valence-electron chi connectivity index (χ4n) is 5.35. The van der Waals surface area contributed by atoms with Gasteiger partial charge in [0, 0.05) is 62.5 Å². The van der Waals surface area contributed by atoms with Crippen molar-refractivity contribution >= 4 is 29.2 Å². The summed E-state index contributed by atoms with van der Waals surface area (Å²) in [5.74, 6) is -0.246. The first-order chi connectivity index (χ1) is 21.8. The quantitative estimate of drug-likeness (QED) is 0.379. The minimum atomic E-state index is -4.49. The van der Waals surface area contributed by atoms with E-state index in [9.17, 15) is 32.7 Å². The maximum Gasteiger partial charge on any atom is 0.416 e. The fourth-order valence-corrected chi connectivity index (χ4v) is 5.35. The molecule has 11 nitrogen and oxygen atoms in total. The summed E-state index contributed by atoms with van der Waals surface area (Å²) in [5, 5.41) is 15.4. The molecule has 0 spiro atoms. The second kappa shape index (κ2) is 15.6. The van der Waals surface area contributed by atoms with E-state index >= 15 is 0 Å². The van der Waals surface area contributed by atoms with Gasteiger partial charge in [-0.2, -0.15) is 13.2 Å². The molecule has 252 valence electrons. The average Bonchev–Trinajstić information content (AvgIpc) is 3.07. The molecule has 0 aromatic heterocycles. The number of nitrogens with zero attached hydrogens (tertiary/aromatic N) is 3. The third kappa shape index (κ3) is 9.56. The SMILES string of the molecule is C[C@@H]1CN([C@@H](C)CO)C(=O)Cc2cc(NC(=O)CCN3CCOCC3)ccc2O[C@@H]1CN(C)C(=O)Nc1ccc(C(F)(F)F)cc1. The molecule has 2 aromatic rings. The molecule has 3 atom stereocenters. The molecule has 0 bridgehead atoms. The molecule has 1 fully saturated rings. The summed E-state index contributed by atoms with van der Waals surface area (Å²) < 4.78 is 50.6. The molecular weight excluding hydrogens is 607 g/mol. The van der Waals surface area contributed by atoms with Crippen LogP contribution in [-0.2, 0) is 26.9 Å². The van der Waals surface area contributed by atoms with Gasteiger partial charge in [0.15, 0.2) is 0 Å². The lowest BCUT2D eigenvalue weighted by Crippen LogP contribution is -2.48. The number of urea groups is 1. The van der Waals surface area contributed by atoms with Crippen molar-refractivity contribution in [2.75, 3.05) is 70.2 Å². The van der Waals surface area contributed by atoms with Crippen LogP contribution in [0.1, 0.15) is 31.4 Å². The number of fused-ring (bicyclic) bond motifs is 1. The van der Waals surface area contributed by atoms with Gasteiger partial charge in [0.1, 0.15) is 11.9 Å². The fraction of sp³-hybridized carbons (Fsp3) is 0.531. The molecule has 0 aliphatic carbocycles. The molecule has 46 heavy (non-hydrogen) atoms. The Bertz CT molecular complexity index is 1350. The highest BCUT2D eigenvalue weighted by atomic mass is 19.4. The zero-order valence-corrected chi connectivity index (χ0v) is 26.3. The first kappa shape index (κ1) is 35.0. The zero-order chi connectivity index (χ0) is 33.4. The van der Waals surface area contributed by atoms with Crippen molar-refractivity contribution in [3.63, 3.8) is 0 Å². The van der Waals surface area contributed by atoms with Gasteiger partial charge < -0.3 is 35.0 Å². The van der Waals surface area contributed by atoms with Gasteiger partial charge in [0.05, 0.1) is 44.4 Å². The maximum absolute atomic E-state index is 13.5. The summed E-state index contributed by atoms with van der Waals surface area (Å²) in [5.41, 5.74) is 0.437. The number of rotatable bonds is 9. The molecular formula is C32H42F3N5O6. The number of likely N-dealkylation sites (N-methyl/N-ethyl adjacent to an activating group) is 1. The molecule has 3 N–H and O–H groups in total. The highest BCUT2D eigenvalue weighted by Crippen LogP contribution is 2.31. The van der Waals surface area contributed by atoms with Crippen LogP contribution in [0.25, 0.3) is 0 Å². The first-order valence-corrected chi connectivity index (χ1v) is 15.3. The molecule has 4 amide bonds. The average molecular weight is 650 g/mol. The number of hydrogen-bond acceptors (Lipinski definition) is 7. The highest BCUT2D eigenvalue weighted by Gasteiger charge is 2.33. The molecule has 1 saturated heterocycles. The van der Waals surface area contributed by atoms with Gasteiger partial charge in [-0.3, -0.25) is 14.5 Å². The lowest BCUT2D eigenvalue weighted by atomic mass is 10.0. The van der Waals surface area contributed by atoms with Crippen molar-refractivity contribution < 1.29 is 42.1 Å². The van der Waals surface area contributed by atoms with E-state index in [-0.39, 0.29) is 49.5 Å². The van der Waals surface area contributed by atoms with E-state index in [0.717, 1.165) is 25.2 Å². The van der Waals surface area contributed by atoms with Crippen molar-refractivity contribution in [2.24, 2.45) is 5.92 Å². The molecule has 2 heterocycles. The van der Waals surface area contributed by atoms with E-state index in [1.54, 1.807) is 30.0 Å². The predicted octanol–water partition coefficient (Wildman–Crippen LogP) is 3.68. The second-order valence-corrected chi connectivity index (χ2v) is 11.8. The van der Waals surface area contributed by atoms with Crippen molar-refractivity contribution in [3.05, 3.63) is 53.6 Å². The summed E-state index contributed by atoms with van der Waals surface area (Å²) in [6.45, 7) is 7.16. The number of nitrogens with one attached hydrogen (secondary N) is 2. The summed E-state index contributed by atoms with van der Waals surface area (Å²) in [4.78, 5) is 44.3. The number of ether oxygens (including phenoxy) is 2. The van der Waals surface area contributed by atoms with Gasteiger partial charge in [0.25, 0.3) is 0 Å². The maximum atomic E-state index is 13.5. The molecule has 0 radical (unpaired) electrons. The molecule has 0 saturated carbocycles. The topological polar surface area (TPSA) is 124 Å². The Balaban J connectivity index is 1.49. The van der Waals surface area contributed by atoms with Crippen molar-refractivity contribution in [3.8, 4) is 5.75 Å². The predicted molar refractivity (Wildman–Crippen MR) is 166 cm³/mol. The largest absolute Gasteiger partial charge is 0.488 e. The van der Waals surface area contributed by atoms with Gasteiger partial charge in [-0.15, -0.1) is 0 Å². The number of morpholine rings is 1. The van der Waals surface area contributed by atoms with E-state index in [1.165, 1.54) is 24.1 Å². The normalized spacial score (nSPS) is 20.0. The van der Waals surface area contributed by atoms with Gasteiger partial charge in [0.2, 0.25) is 11.8 Å². The van der Waals surface area contributed by atoms with Gasteiger partial charge in [-0.25, -0.2) is 4.79 Å². The van der Waals surface area contributed by atoms with Crippen LogP contribution in [0.5, 0.6) is 5.75 Å². The number of halogens is 3. The molecule has 4 rings (SSSR count). The van der Waals surface area contributed by atoms with Crippen LogP contribution in [0.4, 0.5) is 29.3 Å². The van der Waals surface area contributed by atoms with Crippen LogP contribution in [0, 0.1) is 5.92 Å². The summed E-state index contributed by atoms with van der Waals surface area (Å²) in [6, 6.07) is 8.22. The van der Waals surface area contributed by atoms with E-state index < -0.39 is 29.9 Å². The zero-order valence-electron chi connectivity index (χ0n) is 26.3. The van der Waals surface area contributed by atoms with Crippen molar-refractivity contribution in [1.29, 1.82) is 0 Å². The number of anilines is 2. The van der Waals surface area contributed by atoms with Crippen LogP contribution in [0.2, 0.25) is 0 Å². The van der Waals surface area contributed by atoms with Crippen LogP contribution < -0.4 is 15.4 Å². The molecule has 14 heteroatoms. The minimum absolute atomic E-state index is 0.0269. The summed E-state index contributed by atoms with van der Waals surface area (Å²) in [7, 11) is 1.54.